The highest BCUT2D eigenvalue weighted by molar-refractivity contribution is 7.89. The van der Waals surface area contributed by atoms with Crippen LogP contribution in [-0.4, -0.2) is 63.0 Å². The van der Waals surface area contributed by atoms with E-state index in [2.05, 4.69) is 10.1 Å². The zero-order chi connectivity index (χ0) is 22.8. The third-order valence-corrected chi connectivity index (χ3v) is 7.50. The van der Waals surface area contributed by atoms with Gasteiger partial charge in [0.25, 0.3) is 0 Å². The zero-order valence-corrected chi connectivity index (χ0v) is 19.6. The standard InChI is InChI=1S/C21H30N6O3S/c1-6-27(7-2)31(29,30)17-8-9-19-18(12-17)23-20(26(19)5)10-11-21(28)24(3)14-16-13-22-25(4)15-16/h8-9,12-13,15H,6-7,10-11,14H2,1-5H3. The molecule has 0 radical (unpaired) electrons. The van der Waals surface area contributed by atoms with Gasteiger partial charge in [0.05, 0.1) is 22.1 Å². The third kappa shape index (κ3) is 4.80. The van der Waals surface area contributed by atoms with Gasteiger partial charge in [-0.1, -0.05) is 13.8 Å². The second-order valence-corrected chi connectivity index (χ2v) is 9.54. The number of carbonyl (C=O) groups is 1. The summed E-state index contributed by atoms with van der Waals surface area (Å²) in [6, 6.07) is 5.01. The van der Waals surface area contributed by atoms with Crippen molar-refractivity contribution in [2.24, 2.45) is 14.1 Å². The fourth-order valence-electron chi connectivity index (χ4n) is 3.65. The molecule has 10 heteroatoms. The SMILES string of the molecule is CCN(CC)S(=O)(=O)c1ccc2c(c1)nc(CCC(=O)N(C)Cc1cnn(C)c1)n2C. The Kier molecular flexibility index (Phi) is 6.80. The molecular weight excluding hydrogens is 416 g/mol. The molecule has 3 rings (SSSR count). The van der Waals surface area contributed by atoms with Gasteiger partial charge >= 0.3 is 0 Å². The van der Waals surface area contributed by atoms with Crippen molar-refractivity contribution in [2.75, 3.05) is 20.1 Å². The lowest BCUT2D eigenvalue weighted by molar-refractivity contribution is -0.130. The molecule has 1 amide bonds. The van der Waals surface area contributed by atoms with Gasteiger partial charge in [-0.15, -0.1) is 0 Å². The molecule has 31 heavy (non-hydrogen) atoms. The lowest BCUT2D eigenvalue weighted by Crippen LogP contribution is -2.30. The topological polar surface area (TPSA) is 93.3 Å². The van der Waals surface area contributed by atoms with E-state index in [1.54, 1.807) is 41.0 Å². The highest BCUT2D eigenvalue weighted by atomic mass is 32.2. The Morgan fingerprint density at radius 1 is 1.16 bits per heavy atom. The number of rotatable bonds is 9. The van der Waals surface area contributed by atoms with Gasteiger partial charge in [-0.25, -0.2) is 13.4 Å². The van der Waals surface area contributed by atoms with Crippen molar-refractivity contribution in [3.05, 3.63) is 42.0 Å². The Bertz CT molecular complexity index is 1180. The number of benzene rings is 1. The largest absolute Gasteiger partial charge is 0.341 e. The average Bonchev–Trinajstić information content (AvgIpc) is 3.28. The first-order valence-electron chi connectivity index (χ1n) is 10.3. The average molecular weight is 447 g/mol. The predicted molar refractivity (Wildman–Crippen MR) is 119 cm³/mol. The van der Waals surface area contributed by atoms with Crippen LogP contribution in [0.5, 0.6) is 0 Å². The predicted octanol–water partition coefficient (Wildman–Crippen LogP) is 1.93. The summed E-state index contributed by atoms with van der Waals surface area (Å²) in [5.41, 5.74) is 2.43. The number of imidazole rings is 1. The molecule has 3 aromatic rings. The molecule has 2 heterocycles. The molecule has 0 bridgehead atoms. The minimum absolute atomic E-state index is 0.0145. The van der Waals surface area contributed by atoms with E-state index in [1.807, 2.05) is 38.7 Å². The van der Waals surface area contributed by atoms with Crippen LogP contribution in [0.1, 0.15) is 31.7 Å². The number of nitrogens with zero attached hydrogens (tertiary/aromatic N) is 6. The summed E-state index contributed by atoms with van der Waals surface area (Å²) in [5, 5.41) is 4.12. The first-order valence-corrected chi connectivity index (χ1v) is 11.8. The highest BCUT2D eigenvalue weighted by Crippen LogP contribution is 2.23. The van der Waals surface area contributed by atoms with Gasteiger partial charge in [0.1, 0.15) is 5.82 Å². The number of hydrogen-bond acceptors (Lipinski definition) is 5. The van der Waals surface area contributed by atoms with Crippen LogP contribution >= 0.6 is 0 Å². The molecule has 1 aromatic carbocycles. The van der Waals surface area contributed by atoms with Crippen LogP contribution < -0.4 is 0 Å². The molecule has 168 valence electrons. The summed E-state index contributed by atoms with van der Waals surface area (Å²) in [7, 11) is 1.95. The number of sulfonamides is 1. The van der Waals surface area contributed by atoms with E-state index in [-0.39, 0.29) is 10.8 Å². The molecule has 9 nitrogen and oxygen atoms in total. The second kappa shape index (κ2) is 9.19. The van der Waals surface area contributed by atoms with Crippen molar-refractivity contribution in [1.29, 1.82) is 0 Å². The molecule has 0 aliphatic carbocycles. The summed E-state index contributed by atoms with van der Waals surface area (Å²) in [5.74, 6) is 0.760. The third-order valence-electron chi connectivity index (χ3n) is 5.45. The van der Waals surface area contributed by atoms with E-state index < -0.39 is 10.0 Å². The normalized spacial score (nSPS) is 12.1. The maximum Gasteiger partial charge on any atom is 0.243 e. The van der Waals surface area contributed by atoms with Crippen LogP contribution in [-0.2, 0) is 41.9 Å². The Labute approximate surface area is 183 Å². The minimum atomic E-state index is -3.54. The fraction of sp³-hybridized carbons (Fsp3) is 0.476. The van der Waals surface area contributed by atoms with Gasteiger partial charge < -0.3 is 9.47 Å². The highest BCUT2D eigenvalue weighted by Gasteiger charge is 2.23. The summed E-state index contributed by atoms with van der Waals surface area (Å²) >= 11 is 0. The van der Waals surface area contributed by atoms with Crippen molar-refractivity contribution >= 4 is 27.0 Å². The Hall–Kier alpha value is -2.72. The zero-order valence-electron chi connectivity index (χ0n) is 18.7. The van der Waals surface area contributed by atoms with E-state index in [0.717, 1.165) is 16.9 Å². The van der Waals surface area contributed by atoms with E-state index >= 15 is 0 Å². The van der Waals surface area contributed by atoms with Crippen LogP contribution in [0.15, 0.2) is 35.5 Å². The molecule has 2 aromatic heterocycles. The lowest BCUT2D eigenvalue weighted by atomic mass is 10.2. The molecule has 0 saturated heterocycles. The number of hydrogen-bond donors (Lipinski definition) is 0. The van der Waals surface area contributed by atoms with Crippen LogP contribution in [0, 0.1) is 0 Å². The Balaban J connectivity index is 1.74. The molecular formula is C21H30N6O3S. The molecule has 0 spiro atoms. The van der Waals surface area contributed by atoms with E-state index in [4.69, 9.17) is 0 Å². The number of carbonyl (C=O) groups excluding carboxylic acids is 1. The summed E-state index contributed by atoms with van der Waals surface area (Å²) in [6.07, 6.45) is 4.43. The van der Waals surface area contributed by atoms with Gasteiger partial charge in [0.2, 0.25) is 15.9 Å². The van der Waals surface area contributed by atoms with Crippen LogP contribution in [0.3, 0.4) is 0 Å². The molecule has 0 aliphatic heterocycles. The van der Waals surface area contributed by atoms with Gasteiger partial charge in [-0.05, 0) is 18.2 Å². The molecule has 0 saturated carbocycles. The van der Waals surface area contributed by atoms with Gasteiger partial charge in [-0.3, -0.25) is 9.48 Å². The van der Waals surface area contributed by atoms with Crippen molar-refractivity contribution in [3.63, 3.8) is 0 Å². The minimum Gasteiger partial charge on any atom is -0.341 e. The second-order valence-electron chi connectivity index (χ2n) is 7.60. The van der Waals surface area contributed by atoms with Crippen LogP contribution in [0.25, 0.3) is 11.0 Å². The first-order chi connectivity index (χ1) is 14.7. The molecule has 0 aliphatic rings. The molecule has 0 fully saturated rings. The maximum absolute atomic E-state index is 12.8. The Morgan fingerprint density at radius 3 is 2.48 bits per heavy atom. The summed E-state index contributed by atoms with van der Waals surface area (Å²) < 4.78 is 30.7. The smallest absolute Gasteiger partial charge is 0.243 e. The van der Waals surface area contributed by atoms with E-state index in [1.165, 1.54) is 4.31 Å². The first kappa shape index (κ1) is 23.0. The van der Waals surface area contributed by atoms with E-state index in [9.17, 15) is 13.2 Å². The van der Waals surface area contributed by atoms with E-state index in [0.29, 0.717) is 38.0 Å². The molecule has 0 unspecified atom stereocenters. The molecule has 0 N–H and O–H groups in total. The van der Waals surface area contributed by atoms with Crippen molar-refractivity contribution in [1.82, 2.24) is 28.5 Å². The van der Waals surface area contributed by atoms with Gasteiger partial charge in [0.15, 0.2) is 0 Å². The quantitative estimate of drug-likeness (QED) is 0.501. The summed E-state index contributed by atoms with van der Waals surface area (Å²) in [4.78, 5) is 19.1. The number of aryl methyl sites for hydroxylation is 3. The number of fused-ring (bicyclic) bond motifs is 1. The van der Waals surface area contributed by atoms with Crippen molar-refractivity contribution in [2.45, 2.75) is 38.1 Å². The summed E-state index contributed by atoms with van der Waals surface area (Å²) in [6.45, 7) is 4.97. The maximum atomic E-state index is 12.8. The van der Waals surface area contributed by atoms with Gasteiger partial charge in [-0.2, -0.15) is 9.40 Å². The number of amides is 1. The monoisotopic (exact) mass is 446 g/mol. The Morgan fingerprint density at radius 2 is 1.87 bits per heavy atom. The van der Waals surface area contributed by atoms with Crippen molar-refractivity contribution < 1.29 is 13.2 Å². The van der Waals surface area contributed by atoms with Crippen LogP contribution in [0.2, 0.25) is 0 Å². The fourth-order valence-corrected chi connectivity index (χ4v) is 5.13. The van der Waals surface area contributed by atoms with Gasteiger partial charge in [0, 0.05) is 65.4 Å². The van der Waals surface area contributed by atoms with Crippen molar-refractivity contribution in [3.8, 4) is 0 Å². The lowest BCUT2D eigenvalue weighted by Gasteiger charge is -2.18. The van der Waals surface area contributed by atoms with Crippen LogP contribution in [0.4, 0.5) is 0 Å². The molecule has 0 atom stereocenters. The number of aromatic nitrogens is 4.